The van der Waals surface area contributed by atoms with Gasteiger partial charge in [-0.15, -0.1) is 11.8 Å². The molecular weight excluding hydrogens is 248 g/mol. The molecule has 2 heterocycles. The van der Waals surface area contributed by atoms with Gasteiger partial charge in [-0.25, -0.2) is 0 Å². The Morgan fingerprint density at radius 1 is 1.39 bits per heavy atom. The van der Waals surface area contributed by atoms with Crippen LogP contribution < -0.4 is 5.32 Å². The second-order valence-electron chi connectivity index (χ2n) is 4.16. The van der Waals surface area contributed by atoms with Gasteiger partial charge in [0.25, 0.3) is 0 Å². The molecule has 0 saturated heterocycles. The number of fused-ring (bicyclic) bond motifs is 1. The third kappa shape index (κ3) is 1.90. The average Bonchev–Trinajstić information content (AvgIpc) is 2.65. The molecule has 0 saturated carbocycles. The van der Waals surface area contributed by atoms with Crippen molar-refractivity contribution in [3.8, 4) is 0 Å². The Morgan fingerprint density at radius 2 is 2.17 bits per heavy atom. The van der Waals surface area contributed by atoms with Crippen molar-refractivity contribution in [2.75, 3.05) is 11.1 Å². The Hall–Kier alpha value is -1.75. The maximum absolute atomic E-state index is 11.6. The smallest absolute Gasteiger partial charge is 0.236 e. The van der Waals surface area contributed by atoms with E-state index in [2.05, 4.69) is 22.6 Å². The van der Waals surface area contributed by atoms with Crippen molar-refractivity contribution in [2.24, 2.45) is 0 Å². The van der Waals surface area contributed by atoms with Crippen molar-refractivity contribution in [3.63, 3.8) is 0 Å². The maximum atomic E-state index is 11.6. The van der Waals surface area contributed by atoms with Crippen LogP contribution in [0.25, 0.3) is 0 Å². The molecular formula is C13H12N2O2S. The number of nitrogens with zero attached hydrogens (tertiary/aromatic N) is 1. The third-order valence-corrected chi connectivity index (χ3v) is 4.18. The Balaban J connectivity index is 2.10. The molecule has 0 fully saturated rings. The van der Waals surface area contributed by atoms with Crippen LogP contribution in [-0.4, -0.2) is 16.8 Å². The molecule has 18 heavy (non-hydrogen) atoms. The van der Waals surface area contributed by atoms with Gasteiger partial charge in [-0.2, -0.15) is 0 Å². The molecule has 0 aliphatic carbocycles. The summed E-state index contributed by atoms with van der Waals surface area (Å²) in [4.78, 5) is 11.6. The van der Waals surface area contributed by atoms with E-state index in [4.69, 9.17) is 4.52 Å². The van der Waals surface area contributed by atoms with E-state index in [1.165, 1.54) is 0 Å². The zero-order chi connectivity index (χ0) is 12.5. The molecule has 1 aromatic heterocycles. The van der Waals surface area contributed by atoms with Gasteiger partial charge >= 0.3 is 0 Å². The number of aromatic nitrogens is 1. The lowest BCUT2D eigenvalue weighted by Crippen LogP contribution is -2.11. The van der Waals surface area contributed by atoms with Gasteiger partial charge in [0.15, 0.2) is 0 Å². The molecule has 1 N–H and O–H groups in total. The quantitative estimate of drug-likeness (QED) is 0.856. The van der Waals surface area contributed by atoms with Crippen LogP contribution in [-0.2, 0) is 4.79 Å². The standard InChI is InChI=1S/C13H12N2O2S/c1-8-11-12(9-5-3-2-4-6-9)18-7-10(16)14-13(11)17-15-8/h2-6,12H,7H2,1H3,(H,14,16). The predicted molar refractivity (Wildman–Crippen MR) is 70.6 cm³/mol. The Morgan fingerprint density at radius 3 is 2.94 bits per heavy atom. The number of amides is 1. The Kier molecular flexibility index (Phi) is 2.83. The number of carbonyl (C=O) groups is 1. The summed E-state index contributed by atoms with van der Waals surface area (Å²) in [5, 5.41) is 6.79. The van der Waals surface area contributed by atoms with E-state index in [9.17, 15) is 4.79 Å². The topological polar surface area (TPSA) is 55.1 Å². The van der Waals surface area contributed by atoms with Gasteiger partial charge < -0.3 is 4.52 Å². The zero-order valence-corrected chi connectivity index (χ0v) is 10.7. The highest BCUT2D eigenvalue weighted by molar-refractivity contribution is 8.00. The van der Waals surface area contributed by atoms with Crippen LogP contribution in [0.4, 0.5) is 5.88 Å². The summed E-state index contributed by atoms with van der Waals surface area (Å²) in [7, 11) is 0. The van der Waals surface area contributed by atoms with Gasteiger partial charge in [-0.1, -0.05) is 35.5 Å². The lowest BCUT2D eigenvalue weighted by Gasteiger charge is -2.13. The molecule has 2 aromatic rings. The van der Waals surface area contributed by atoms with Gasteiger partial charge in [-0.05, 0) is 12.5 Å². The summed E-state index contributed by atoms with van der Waals surface area (Å²) in [5.74, 6) is 0.857. The predicted octanol–water partition coefficient (Wildman–Crippen LogP) is 2.76. The van der Waals surface area contributed by atoms with E-state index in [0.29, 0.717) is 11.6 Å². The molecule has 1 aliphatic heterocycles. The highest BCUT2D eigenvalue weighted by atomic mass is 32.2. The minimum Gasteiger partial charge on any atom is -0.338 e. The van der Waals surface area contributed by atoms with Crippen molar-refractivity contribution in [1.29, 1.82) is 0 Å². The summed E-state index contributed by atoms with van der Waals surface area (Å²) in [6.45, 7) is 1.90. The van der Waals surface area contributed by atoms with E-state index in [1.54, 1.807) is 11.8 Å². The number of anilines is 1. The average molecular weight is 260 g/mol. The minimum atomic E-state index is -0.0455. The largest absolute Gasteiger partial charge is 0.338 e. The summed E-state index contributed by atoms with van der Waals surface area (Å²) >= 11 is 1.59. The monoisotopic (exact) mass is 260 g/mol. The molecule has 92 valence electrons. The van der Waals surface area contributed by atoms with Crippen molar-refractivity contribution < 1.29 is 9.32 Å². The lowest BCUT2D eigenvalue weighted by molar-refractivity contribution is -0.113. The highest BCUT2D eigenvalue weighted by Gasteiger charge is 2.29. The first-order valence-electron chi connectivity index (χ1n) is 5.68. The minimum absolute atomic E-state index is 0.0455. The van der Waals surface area contributed by atoms with E-state index in [0.717, 1.165) is 16.8 Å². The van der Waals surface area contributed by atoms with Crippen molar-refractivity contribution in [3.05, 3.63) is 47.2 Å². The highest BCUT2D eigenvalue weighted by Crippen LogP contribution is 2.42. The third-order valence-electron chi connectivity index (χ3n) is 2.91. The number of thioether (sulfide) groups is 1. The molecule has 3 rings (SSSR count). The number of hydrogen-bond acceptors (Lipinski definition) is 4. The number of carbonyl (C=O) groups excluding carboxylic acids is 1. The fraction of sp³-hybridized carbons (Fsp3) is 0.231. The molecule has 0 spiro atoms. The van der Waals surface area contributed by atoms with E-state index in [-0.39, 0.29) is 11.2 Å². The molecule has 1 amide bonds. The van der Waals surface area contributed by atoms with Crippen molar-refractivity contribution >= 4 is 23.6 Å². The molecule has 1 aromatic carbocycles. The van der Waals surface area contributed by atoms with E-state index < -0.39 is 0 Å². The van der Waals surface area contributed by atoms with Gasteiger partial charge in [0.2, 0.25) is 11.8 Å². The second kappa shape index (κ2) is 4.49. The molecule has 1 atom stereocenters. The maximum Gasteiger partial charge on any atom is 0.236 e. The van der Waals surface area contributed by atoms with Crippen LogP contribution in [0.2, 0.25) is 0 Å². The molecule has 4 nitrogen and oxygen atoms in total. The van der Waals surface area contributed by atoms with Crippen molar-refractivity contribution in [1.82, 2.24) is 5.16 Å². The first-order chi connectivity index (χ1) is 8.75. The summed E-state index contributed by atoms with van der Waals surface area (Å²) in [6, 6.07) is 10.1. The molecule has 1 aliphatic rings. The summed E-state index contributed by atoms with van der Waals surface area (Å²) < 4.78 is 5.19. The van der Waals surface area contributed by atoms with Crippen LogP contribution in [0.15, 0.2) is 34.9 Å². The summed E-state index contributed by atoms with van der Waals surface area (Å²) in [5.41, 5.74) is 2.96. The molecule has 1 unspecified atom stereocenters. The number of benzene rings is 1. The summed E-state index contributed by atoms with van der Waals surface area (Å²) in [6.07, 6.45) is 0. The zero-order valence-electron chi connectivity index (χ0n) is 9.84. The Labute approximate surface area is 109 Å². The lowest BCUT2D eigenvalue weighted by atomic mass is 10.0. The van der Waals surface area contributed by atoms with E-state index >= 15 is 0 Å². The number of hydrogen-bond donors (Lipinski definition) is 1. The van der Waals surface area contributed by atoms with Crippen LogP contribution in [0.1, 0.15) is 22.1 Å². The van der Waals surface area contributed by atoms with Gasteiger partial charge in [-0.3, -0.25) is 10.1 Å². The second-order valence-corrected chi connectivity index (χ2v) is 5.25. The Bertz CT molecular complexity index is 580. The van der Waals surface area contributed by atoms with Crippen LogP contribution >= 0.6 is 11.8 Å². The fourth-order valence-corrected chi connectivity index (χ4v) is 3.26. The number of aryl methyl sites for hydroxylation is 1. The van der Waals surface area contributed by atoms with Crippen LogP contribution in [0.3, 0.4) is 0 Å². The molecule has 0 radical (unpaired) electrons. The van der Waals surface area contributed by atoms with Gasteiger partial charge in [0.1, 0.15) is 0 Å². The molecule has 5 heteroatoms. The van der Waals surface area contributed by atoms with Crippen LogP contribution in [0.5, 0.6) is 0 Å². The fourth-order valence-electron chi connectivity index (χ4n) is 2.07. The van der Waals surface area contributed by atoms with Gasteiger partial charge in [0.05, 0.1) is 22.3 Å². The SMILES string of the molecule is Cc1noc2c1C(c1ccccc1)SCC(=O)N2. The van der Waals surface area contributed by atoms with E-state index in [1.807, 2.05) is 25.1 Å². The normalized spacial score (nSPS) is 18.9. The van der Waals surface area contributed by atoms with Crippen LogP contribution in [0, 0.1) is 6.92 Å². The molecule has 0 bridgehead atoms. The first kappa shape index (κ1) is 11.3. The van der Waals surface area contributed by atoms with Gasteiger partial charge in [0, 0.05) is 0 Å². The number of nitrogens with one attached hydrogen (secondary N) is 1. The first-order valence-corrected chi connectivity index (χ1v) is 6.73. The van der Waals surface area contributed by atoms with Crippen molar-refractivity contribution in [2.45, 2.75) is 12.2 Å². The number of rotatable bonds is 1.